The first-order valence-electron chi connectivity index (χ1n) is 11.9. The molecule has 2 N–H and O–H groups in total. The molecule has 2 aromatic rings. The fourth-order valence-electron chi connectivity index (χ4n) is 3.26. The van der Waals surface area contributed by atoms with E-state index in [0.717, 1.165) is 12.0 Å². The zero-order valence-electron chi connectivity index (χ0n) is 20.2. The lowest BCUT2D eigenvalue weighted by Gasteiger charge is -2.28. The minimum atomic E-state index is -0.421. The SMILES string of the molecule is CCOC(CCN(Cc1ccccc1)C(=S)NCCCNC(=O)OCc1ccccc1)OCC. The normalized spacial score (nSPS) is 10.7. The Morgan fingerprint density at radius 2 is 1.50 bits per heavy atom. The van der Waals surface area contributed by atoms with Crippen LogP contribution in [0.3, 0.4) is 0 Å². The van der Waals surface area contributed by atoms with Crippen LogP contribution in [0.5, 0.6) is 0 Å². The summed E-state index contributed by atoms with van der Waals surface area (Å²) < 4.78 is 16.6. The Bertz CT molecular complexity index is 817. The number of ether oxygens (including phenoxy) is 3. The Morgan fingerprint density at radius 1 is 0.912 bits per heavy atom. The van der Waals surface area contributed by atoms with Crippen LogP contribution in [0, 0.1) is 0 Å². The van der Waals surface area contributed by atoms with E-state index >= 15 is 0 Å². The number of hydrogen-bond acceptors (Lipinski definition) is 5. The molecule has 0 unspecified atom stereocenters. The summed E-state index contributed by atoms with van der Waals surface area (Å²) in [6, 6.07) is 19.8. The zero-order valence-corrected chi connectivity index (χ0v) is 21.0. The van der Waals surface area contributed by atoms with Crippen LogP contribution < -0.4 is 10.6 Å². The molecule has 2 aromatic carbocycles. The van der Waals surface area contributed by atoms with Gasteiger partial charge >= 0.3 is 6.09 Å². The van der Waals surface area contributed by atoms with E-state index in [0.29, 0.717) is 50.9 Å². The molecule has 0 aliphatic carbocycles. The number of rotatable bonds is 15. The summed E-state index contributed by atoms with van der Waals surface area (Å²) in [5.41, 5.74) is 2.14. The molecule has 0 fully saturated rings. The average Bonchev–Trinajstić information content (AvgIpc) is 2.86. The zero-order chi connectivity index (χ0) is 24.4. The van der Waals surface area contributed by atoms with E-state index in [1.807, 2.05) is 62.4 Å². The van der Waals surface area contributed by atoms with E-state index < -0.39 is 6.09 Å². The second-order valence-electron chi connectivity index (χ2n) is 7.61. The van der Waals surface area contributed by atoms with Crippen molar-refractivity contribution in [2.45, 2.75) is 46.1 Å². The van der Waals surface area contributed by atoms with Crippen molar-refractivity contribution in [2.24, 2.45) is 0 Å². The molecular formula is C26H37N3O4S. The summed E-state index contributed by atoms with van der Waals surface area (Å²) in [7, 11) is 0. The molecule has 0 saturated heterocycles. The Hall–Kier alpha value is -2.68. The van der Waals surface area contributed by atoms with Crippen LogP contribution in [-0.4, -0.2) is 55.2 Å². The predicted molar refractivity (Wildman–Crippen MR) is 138 cm³/mol. The van der Waals surface area contributed by atoms with Crippen molar-refractivity contribution < 1.29 is 19.0 Å². The Kier molecular flexibility index (Phi) is 13.7. The minimum absolute atomic E-state index is 0.248. The average molecular weight is 488 g/mol. The number of benzene rings is 2. The van der Waals surface area contributed by atoms with Crippen LogP contribution in [0.1, 0.15) is 37.8 Å². The van der Waals surface area contributed by atoms with E-state index in [4.69, 9.17) is 26.4 Å². The highest BCUT2D eigenvalue weighted by Crippen LogP contribution is 2.09. The lowest BCUT2D eigenvalue weighted by molar-refractivity contribution is -0.140. The molecule has 0 aliphatic heterocycles. The third kappa shape index (κ3) is 11.4. The van der Waals surface area contributed by atoms with Crippen molar-refractivity contribution in [1.82, 2.24) is 15.5 Å². The van der Waals surface area contributed by atoms with Gasteiger partial charge in [0.25, 0.3) is 0 Å². The van der Waals surface area contributed by atoms with Crippen molar-refractivity contribution in [3.8, 4) is 0 Å². The molecule has 0 saturated carbocycles. The maximum atomic E-state index is 11.9. The maximum Gasteiger partial charge on any atom is 0.407 e. The number of amides is 1. The van der Waals surface area contributed by atoms with Crippen LogP contribution in [-0.2, 0) is 27.4 Å². The largest absolute Gasteiger partial charge is 0.445 e. The van der Waals surface area contributed by atoms with Gasteiger partial charge in [0.15, 0.2) is 11.4 Å². The molecule has 2 rings (SSSR count). The van der Waals surface area contributed by atoms with Gasteiger partial charge in [-0.2, -0.15) is 0 Å². The second-order valence-corrected chi connectivity index (χ2v) is 8.00. The molecule has 0 bridgehead atoms. The number of nitrogens with one attached hydrogen (secondary N) is 2. The van der Waals surface area contributed by atoms with Crippen LogP contribution in [0.25, 0.3) is 0 Å². The Morgan fingerprint density at radius 3 is 2.12 bits per heavy atom. The third-order valence-corrected chi connectivity index (χ3v) is 5.36. The minimum Gasteiger partial charge on any atom is -0.445 e. The fourth-order valence-corrected chi connectivity index (χ4v) is 3.52. The summed E-state index contributed by atoms with van der Waals surface area (Å²) in [6.45, 7) is 7.93. The highest BCUT2D eigenvalue weighted by molar-refractivity contribution is 7.80. The summed E-state index contributed by atoms with van der Waals surface area (Å²) in [5.74, 6) is 0. The van der Waals surface area contributed by atoms with Gasteiger partial charge < -0.3 is 29.7 Å². The van der Waals surface area contributed by atoms with Gasteiger partial charge in [0.2, 0.25) is 0 Å². The molecule has 0 atom stereocenters. The van der Waals surface area contributed by atoms with E-state index in [1.165, 1.54) is 5.56 Å². The van der Waals surface area contributed by atoms with Crippen molar-refractivity contribution in [2.75, 3.05) is 32.8 Å². The fraction of sp³-hybridized carbons (Fsp3) is 0.462. The Labute approximate surface area is 208 Å². The molecule has 1 amide bonds. The standard InChI is InChI=1S/C26H37N3O4S/c1-3-31-24(32-4-2)16-19-29(20-22-12-7-5-8-13-22)25(34)27-17-11-18-28-26(30)33-21-23-14-9-6-10-15-23/h5-10,12-15,24H,3-4,11,16-21H2,1-2H3,(H,27,34)(H,28,30). The molecule has 34 heavy (non-hydrogen) atoms. The molecule has 0 spiro atoms. The second kappa shape index (κ2) is 16.9. The van der Waals surface area contributed by atoms with Crippen molar-refractivity contribution >= 4 is 23.4 Å². The predicted octanol–water partition coefficient (Wildman–Crippen LogP) is 4.47. The monoisotopic (exact) mass is 487 g/mol. The number of hydrogen-bond donors (Lipinski definition) is 2. The first-order valence-corrected chi connectivity index (χ1v) is 12.3. The molecule has 0 radical (unpaired) electrons. The van der Waals surface area contributed by atoms with Crippen LogP contribution >= 0.6 is 12.2 Å². The summed E-state index contributed by atoms with van der Waals surface area (Å²) in [5, 5.41) is 6.75. The van der Waals surface area contributed by atoms with E-state index in [1.54, 1.807) is 0 Å². The molecule has 186 valence electrons. The van der Waals surface area contributed by atoms with Gasteiger partial charge in [-0.15, -0.1) is 0 Å². The number of nitrogens with zero attached hydrogens (tertiary/aromatic N) is 1. The van der Waals surface area contributed by atoms with Gasteiger partial charge in [0, 0.05) is 45.8 Å². The molecular weight excluding hydrogens is 450 g/mol. The summed E-state index contributed by atoms with van der Waals surface area (Å²) in [6.07, 6.45) is 0.767. The number of alkyl carbamates (subject to hydrolysis) is 1. The number of carbonyl (C=O) groups is 1. The van der Waals surface area contributed by atoms with E-state index in [2.05, 4.69) is 27.7 Å². The lowest BCUT2D eigenvalue weighted by Crippen LogP contribution is -2.42. The van der Waals surface area contributed by atoms with Gasteiger partial charge in [-0.1, -0.05) is 60.7 Å². The molecule has 0 aromatic heterocycles. The smallest absolute Gasteiger partial charge is 0.407 e. The Balaban J connectivity index is 1.74. The third-order valence-electron chi connectivity index (χ3n) is 4.96. The number of carbonyl (C=O) groups excluding carboxylic acids is 1. The number of thiocarbonyl (C=S) groups is 1. The van der Waals surface area contributed by atoms with E-state index in [-0.39, 0.29) is 12.9 Å². The molecule has 8 heteroatoms. The van der Waals surface area contributed by atoms with Crippen molar-refractivity contribution in [3.05, 3.63) is 71.8 Å². The van der Waals surface area contributed by atoms with E-state index in [9.17, 15) is 4.79 Å². The van der Waals surface area contributed by atoms with Gasteiger partial charge in [-0.05, 0) is 43.6 Å². The molecule has 0 heterocycles. The van der Waals surface area contributed by atoms with Gasteiger partial charge in [-0.25, -0.2) is 4.79 Å². The topological polar surface area (TPSA) is 72.1 Å². The van der Waals surface area contributed by atoms with Gasteiger partial charge in [0.1, 0.15) is 6.61 Å². The first-order chi connectivity index (χ1) is 16.6. The first kappa shape index (κ1) is 27.6. The quantitative estimate of drug-likeness (QED) is 0.218. The maximum absolute atomic E-state index is 11.9. The van der Waals surface area contributed by atoms with Crippen LogP contribution in [0.15, 0.2) is 60.7 Å². The highest BCUT2D eigenvalue weighted by Gasteiger charge is 2.15. The van der Waals surface area contributed by atoms with Crippen molar-refractivity contribution in [3.63, 3.8) is 0 Å². The van der Waals surface area contributed by atoms with Crippen LogP contribution in [0.2, 0.25) is 0 Å². The molecule has 0 aliphatic rings. The molecule has 7 nitrogen and oxygen atoms in total. The summed E-state index contributed by atoms with van der Waals surface area (Å²) >= 11 is 5.67. The van der Waals surface area contributed by atoms with Gasteiger partial charge in [0.05, 0.1) is 0 Å². The van der Waals surface area contributed by atoms with Crippen molar-refractivity contribution in [1.29, 1.82) is 0 Å². The lowest BCUT2D eigenvalue weighted by atomic mass is 10.2. The van der Waals surface area contributed by atoms with Crippen LogP contribution in [0.4, 0.5) is 4.79 Å². The summed E-state index contributed by atoms with van der Waals surface area (Å²) in [4.78, 5) is 14.0. The highest BCUT2D eigenvalue weighted by atomic mass is 32.1. The van der Waals surface area contributed by atoms with Gasteiger partial charge in [-0.3, -0.25) is 0 Å².